The predicted molar refractivity (Wildman–Crippen MR) is 119 cm³/mol. The molecule has 0 aliphatic heterocycles. The van der Waals surface area contributed by atoms with E-state index >= 15 is 0 Å². The number of rotatable bonds is 7. The van der Waals surface area contributed by atoms with Crippen molar-refractivity contribution in [2.45, 2.75) is 55.5 Å². The highest BCUT2D eigenvalue weighted by Gasteiger charge is 2.23. The lowest BCUT2D eigenvalue weighted by Gasteiger charge is -2.25. The maximum atomic E-state index is 5.18. The molecule has 0 saturated heterocycles. The van der Waals surface area contributed by atoms with E-state index in [4.69, 9.17) is 9.40 Å². The first kappa shape index (κ1) is 19.1. The van der Waals surface area contributed by atoms with Crippen LogP contribution in [0.2, 0.25) is 0 Å². The maximum Gasteiger partial charge on any atom is 0.191 e. The Morgan fingerprint density at radius 3 is 2.86 bits per heavy atom. The van der Waals surface area contributed by atoms with Crippen LogP contribution in [0, 0.1) is 0 Å². The lowest BCUT2D eigenvalue weighted by Crippen LogP contribution is -2.16. The summed E-state index contributed by atoms with van der Waals surface area (Å²) < 4.78 is 7.60. The van der Waals surface area contributed by atoms with E-state index in [1.807, 2.05) is 6.07 Å². The Kier molecular flexibility index (Phi) is 5.83. The molecule has 0 unspecified atom stereocenters. The molecular weight excluding hydrogens is 420 g/mol. The highest BCUT2D eigenvalue weighted by Crippen LogP contribution is 2.35. The smallest absolute Gasteiger partial charge is 0.191 e. The minimum absolute atomic E-state index is 0.521. The summed E-state index contributed by atoms with van der Waals surface area (Å²) in [6, 6.07) is 6.76. The van der Waals surface area contributed by atoms with E-state index in [1.165, 1.54) is 37.0 Å². The number of furan rings is 1. The molecule has 8 heteroatoms. The lowest BCUT2D eigenvalue weighted by atomic mass is 9.95. The molecule has 1 aliphatic carbocycles. The van der Waals surface area contributed by atoms with E-state index in [-0.39, 0.29) is 0 Å². The number of hydrogen-bond acceptors (Lipinski definition) is 7. The molecule has 29 heavy (non-hydrogen) atoms. The van der Waals surface area contributed by atoms with Gasteiger partial charge >= 0.3 is 0 Å². The molecule has 0 radical (unpaired) electrons. The zero-order valence-electron chi connectivity index (χ0n) is 16.0. The fourth-order valence-corrected chi connectivity index (χ4v) is 6.36. The molecule has 5 nitrogen and oxygen atoms in total. The van der Waals surface area contributed by atoms with Crippen LogP contribution in [0.4, 0.5) is 0 Å². The summed E-state index contributed by atoms with van der Waals surface area (Å²) in [5.74, 6) is 1.90. The van der Waals surface area contributed by atoms with Gasteiger partial charge in [0.05, 0.1) is 12.0 Å². The Morgan fingerprint density at radius 1 is 1.14 bits per heavy atom. The first-order valence-electron chi connectivity index (χ1n) is 9.93. The van der Waals surface area contributed by atoms with Crippen LogP contribution < -0.4 is 0 Å². The Bertz CT molecular complexity index is 1030. The fourth-order valence-electron chi connectivity index (χ4n) is 3.83. The van der Waals surface area contributed by atoms with Crippen LogP contribution in [0.3, 0.4) is 0 Å². The molecule has 5 rings (SSSR count). The fraction of sp³-hybridized carbons (Fsp3) is 0.381. The minimum atomic E-state index is 0.521. The molecule has 1 saturated carbocycles. The number of thiophene rings is 1. The van der Waals surface area contributed by atoms with Crippen LogP contribution >= 0.6 is 34.4 Å². The van der Waals surface area contributed by atoms with E-state index in [2.05, 4.69) is 37.7 Å². The van der Waals surface area contributed by atoms with Gasteiger partial charge in [-0.25, -0.2) is 4.98 Å². The second-order valence-corrected chi connectivity index (χ2v) is 10.1. The summed E-state index contributed by atoms with van der Waals surface area (Å²) >= 11 is 5.20. The third-order valence-corrected chi connectivity index (χ3v) is 8.05. The zero-order chi connectivity index (χ0) is 19.5. The SMILES string of the molecule is c1csc(Cc2nnc(SCc3csc(-c4ccoc4)n3)n2C2CCCCC2)c1. The molecular formula is C21H22N4OS3. The monoisotopic (exact) mass is 442 g/mol. The summed E-state index contributed by atoms with van der Waals surface area (Å²) in [5.41, 5.74) is 2.11. The standard InChI is InChI=1S/C21H22N4OS3/c1-2-5-17(6-3-1)25-19(11-18-7-4-10-27-18)23-24-21(25)29-14-16-13-28-20(22-16)15-8-9-26-12-15/h4,7-10,12-13,17H,1-3,5-6,11,14H2. The molecule has 1 fully saturated rings. The van der Waals surface area contributed by atoms with Gasteiger partial charge in [0.25, 0.3) is 0 Å². The average Bonchev–Trinajstić information content (AvgIpc) is 3.54. The number of nitrogens with zero attached hydrogens (tertiary/aromatic N) is 4. The second kappa shape index (κ2) is 8.85. The largest absolute Gasteiger partial charge is 0.472 e. The van der Waals surface area contributed by atoms with Crippen LogP contribution in [0.1, 0.15) is 54.5 Å². The Hall–Kier alpha value is -1.90. The molecule has 150 valence electrons. The molecule has 4 aromatic heterocycles. The van der Waals surface area contributed by atoms with E-state index in [0.717, 1.165) is 39.4 Å². The quantitative estimate of drug-likeness (QED) is 0.308. The van der Waals surface area contributed by atoms with Crippen LogP contribution in [-0.4, -0.2) is 19.7 Å². The van der Waals surface area contributed by atoms with E-state index in [9.17, 15) is 0 Å². The Labute approximate surface area is 182 Å². The summed E-state index contributed by atoms with van der Waals surface area (Å²) in [6.07, 6.45) is 10.7. The molecule has 0 amide bonds. The number of thioether (sulfide) groups is 1. The van der Waals surface area contributed by atoms with Crippen molar-refractivity contribution < 1.29 is 4.42 Å². The van der Waals surface area contributed by atoms with Gasteiger partial charge in [-0.05, 0) is 30.4 Å². The maximum absolute atomic E-state index is 5.18. The van der Waals surface area contributed by atoms with Crippen LogP contribution in [-0.2, 0) is 12.2 Å². The van der Waals surface area contributed by atoms with Crippen molar-refractivity contribution in [1.82, 2.24) is 19.7 Å². The highest BCUT2D eigenvalue weighted by atomic mass is 32.2. The van der Waals surface area contributed by atoms with Crippen molar-refractivity contribution >= 4 is 34.4 Å². The van der Waals surface area contributed by atoms with Gasteiger partial charge in [-0.15, -0.1) is 32.9 Å². The molecule has 1 aliphatic rings. The molecule has 0 bridgehead atoms. The van der Waals surface area contributed by atoms with Gasteiger partial charge in [0, 0.05) is 34.0 Å². The van der Waals surface area contributed by atoms with Crippen molar-refractivity contribution in [2.24, 2.45) is 0 Å². The normalized spacial score (nSPS) is 15.2. The van der Waals surface area contributed by atoms with E-state index in [0.29, 0.717) is 6.04 Å². The Balaban J connectivity index is 1.35. The molecule has 0 N–H and O–H groups in total. The summed E-state index contributed by atoms with van der Waals surface area (Å²) in [4.78, 5) is 6.10. The first-order valence-corrected chi connectivity index (χ1v) is 12.7. The average molecular weight is 443 g/mol. The van der Waals surface area contributed by atoms with Crippen molar-refractivity contribution in [3.8, 4) is 10.6 Å². The lowest BCUT2D eigenvalue weighted by molar-refractivity contribution is 0.330. The molecule has 0 aromatic carbocycles. The van der Waals surface area contributed by atoms with Gasteiger partial charge in [-0.2, -0.15) is 0 Å². The van der Waals surface area contributed by atoms with Crippen molar-refractivity contribution in [3.63, 3.8) is 0 Å². The van der Waals surface area contributed by atoms with E-state index < -0.39 is 0 Å². The molecule has 0 spiro atoms. The second-order valence-electron chi connectivity index (χ2n) is 7.26. The van der Waals surface area contributed by atoms with Crippen LogP contribution in [0.15, 0.2) is 51.1 Å². The number of thiazole rings is 1. The van der Waals surface area contributed by atoms with Gasteiger partial charge in [0.1, 0.15) is 17.1 Å². The molecule has 4 heterocycles. The van der Waals surface area contributed by atoms with Crippen LogP contribution in [0.5, 0.6) is 0 Å². The minimum Gasteiger partial charge on any atom is -0.472 e. The summed E-state index contributed by atoms with van der Waals surface area (Å²) in [5, 5.41) is 15.5. The topological polar surface area (TPSA) is 56.7 Å². The van der Waals surface area contributed by atoms with Crippen molar-refractivity contribution in [3.05, 3.63) is 57.9 Å². The number of hydrogen-bond donors (Lipinski definition) is 0. The summed E-state index contributed by atoms with van der Waals surface area (Å²) in [6.45, 7) is 0. The van der Waals surface area contributed by atoms with Crippen LogP contribution in [0.25, 0.3) is 10.6 Å². The molecule has 4 aromatic rings. The van der Waals surface area contributed by atoms with Gasteiger partial charge in [-0.1, -0.05) is 37.1 Å². The zero-order valence-corrected chi connectivity index (χ0v) is 18.4. The third kappa shape index (κ3) is 4.34. The van der Waals surface area contributed by atoms with Crippen molar-refractivity contribution in [2.75, 3.05) is 0 Å². The Morgan fingerprint density at radius 2 is 2.07 bits per heavy atom. The van der Waals surface area contributed by atoms with Gasteiger partial charge < -0.3 is 8.98 Å². The third-order valence-electron chi connectivity index (χ3n) is 5.26. The van der Waals surface area contributed by atoms with E-state index in [1.54, 1.807) is 47.0 Å². The summed E-state index contributed by atoms with van der Waals surface area (Å²) in [7, 11) is 0. The first-order chi connectivity index (χ1) is 14.4. The number of aromatic nitrogens is 4. The predicted octanol–water partition coefficient (Wildman–Crippen LogP) is 6.44. The highest BCUT2D eigenvalue weighted by molar-refractivity contribution is 7.98. The van der Waals surface area contributed by atoms with Gasteiger partial charge in [0.15, 0.2) is 5.16 Å². The van der Waals surface area contributed by atoms with Gasteiger partial charge in [0.2, 0.25) is 0 Å². The van der Waals surface area contributed by atoms with Crippen molar-refractivity contribution in [1.29, 1.82) is 0 Å². The van der Waals surface area contributed by atoms with Gasteiger partial charge in [-0.3, -0.25) is 0 Å². The molecule has 0 atom stereocenters.